The van der Waals surface area contributed by atoms with Crippen molar-refractivity contribution in [2.45, 2.75) is 51.6 Å². The second kappa shape index (κ2) is 10.5. The molecule has 1 fully saturated rings. The van der Waals surface area contributed by atoms with Gasteiger partial charge in [0.05, 0.1) is 16.7 Å². The van der Waals surface area contributed by atoms with E-state index in [9.17, 15) is 30.7 Å². The first kappa shape index (κ1) is 28.1. The normalized spacial score (nSPS) is 18.1. The Balaban J connectivity index is 1.51. The van der Waals surface area contributed by atoms with E-state index >= 15 is 8.78 Å². The van der Waals surface area contributed by atoms with Crippen molar-refractivity contribution in [2.24, 2.45) is 11.8 Å². The minimum absolute atomic E-state index is 0.163. The van der Waals surface area contributed by atoms with Gasteiger partial charge in [0.25, 0.3) is 0 Å². The van der Waals surface area contributed by atoms with Gasteiger partial charge in [0.1, 0.15) is 11.6 Å². The molecule has 0 aliphatic heterocycles. The van der Waals surface area contributed by atoms with Crippen molar-refractivity contribution in [2.75, 3.05) is 0 Å². The molecule has 0 aromatic heterocycles. The zero-order valence-electron chi connectivity index (χ0n) is 21.2. The Hall–Kier alpha value is -3.43. The Labute approximate surface area is 223 Å². The Bertz CT molecular complexity index is 1610. The maximum atomic E-state index is 15.5. The van der Waals surface area contributed by atoms with Gasteiger partial charge < -0.3 is 4.74 Å². The van der Waals surface area contributed by atoms with Crippen molar-refractivity contribution in [3.63, 3.8) is 0 Å². The monoisotopic (exact) mass is 570 g/mol. The topological polar surface area (TPSA) is 9.23 Å². The Kier molecular flexibility index (Phi) is 7.39. The molecule has 0 unspecified atom stereocenters. The van der Waals surface area contributed by atoms with Crippen molar-refractivity contribution in [1.82, 2.24) is 0 Å². The van der Waals surface area contributed by atoms with Gasteiger partial charge in [0.2, 0.25) is 5.82 Å². The van der Waals surface area contributed by atoms with Gasteiger partial charge in [-0.25, -0.2) is 26.3 Å². The first-order chi connectivity index (χ1) is 18.9. The smallest absolute Gasteiger partial charge is 0.400 e. The van der Waals surface area contributed by atoms with Gasteiger partial charge >= 0.3 is 6.11 Å². The molecule has 0 N–H and O–H groups in total. The average molecular weight is 570 g/mol. The Morgan fingerprint density at radius 2 is 1.38 bits per heavy atom. The number of hydrogen-bond acceptors (Lipinski definition) is 1. The zero-order valence-corrected chi connectivity index (χ0v) is 21.2. The van der Waals surface area contributed by atoms with E-state index in [1.54, 1.807) is 0 Å². The van der Waals surface area contributed by atoms with Crippen molar-refractivity contribution >= 4 is 21.5 Å². The van der Waals surface area contributed by atoms with E-state index < -0.39 is 80.2 Å². The van der Waals surface area contributed by atoms with E-state index in [0.717, 1.165) is 37.1 Å². The number of rotatable bonds is 6. The van der Waals surface area contributed by atoms with Gasteiger partial charge in [0, 0.05) is 5.56 Å². The largest absolute Gasteiger partial charge is 0.429 e. The molecule has 212 valence electrons. The molecule has 0 spiro atoms. The molecule has 0 atom stereocenters. The quantitative estimate of drug-likeness (QED) is 0.166. The molecule has 1 saturated carbocycles. The van der Waals surface area contributed by atoms with Crippen LogP contribution in [0.25, 0.3) is 32.7 Å². The number of ether oxygens (including phenoxy) is 1. The lowest BCUT2D eigenvalue weighted by Crippen LogP contribution is -2.37. The lowest BCUT2D eigenvalue weighted by atomic mass is 9.79. The predicted octanol–water partition coefficient (Wildman–Crippen LogP) is 10.2. The van der Waals surface area contributed by atoms with E-state index in [4.69, 9.17) is 0 Å². The molecule has 1 aliphatic carbocycles. The summed E-state index contributed by atoms with van der Waals surface area (Å²) in [6, 6.07) is 4.99. The summed E-state index contributed by atoms with van der Waals surface area (Å²) in [6.45, 7) is 2.01. The maximum absolute atomic E-state index is 15.5. The third-order valence-electron chi connectivity index (χ3n) is 7.69. The number of hydrogen-bond donors (Lipinski definition) is 0. The second-order valence-electron chi connectivity index (χ2n) is 10.2. The summed E-state index contributed by atoms with van der Waals surface area (Å²) in [7, 11) is 0. The predicted molar refractivity (Wildman–Crippen MR) is 133 cm³/mol. The summed E-state index contributed by atoms with van der Waals surface area (Å²) >= 11 is 0. The maximum Gasteiger partial charge on any atom is 0.400 e. The van der Waals surface area contributed by atoms with Crippen LogP contribution >= 0.6 is 0 Å². The van der Waals surface area contributed by atoms with Gasteiger partial charge in [0.15, 0.2) is 29.0 Å². The fourth-order valence-electron chi connectivity index (χ4n) is 5.62. The minimum atomic E-state index is -3.79. The van der Waals surface area contributed by atoms with Crippen LogP contribution in [0.5, 0.6) is 5.75 Å². The standard InChI is InChI=1S/C30H23F9O/c1-2-3-14-4-7-18(8-5-14)30(38,39)40-22-13-15-6-9-19(25(33)24(15)29(37)27(22)35)16-10-17-12-21(32)26(34)28(36)23(17)20(31)11-16/h6,9-14,18H,2-5,7-8H2,1H3. The fourth-order valence-corrected chi connectivity index (χ4v) is 5.62. The molecule has 40 heavy (non-hydrogen) atoms. The highest BCUT2D eigenvalue weighted by Gasteiger charge is 2.44. The van der Waals surface area contributed by atoms with Gasteiger partial charge in [-0.1, -0.05) is 31.9 Å². The Morgan fingerprint density at radius 3 is 2.05 bits per heavy atom. The summed E-state index contributed by atoms with van der Waals surface area (Å²) in [5.41, 5.74) is -0.778. The molecule has 4 aromatic carbocycles. The first-order valence-electron chi connectivity index (χ1n) is 12.9. The molecule has 0 radical (unpaired) electrons. The van der Waals surface area contributed by atoms with E-state index in [-0.39, 0.29) is 23.8 Å². The lowest BCUT2D eigenvalue weighted by Gasteiger charge is -2.33. The molecule has 4 aromatic rings. The molecule has 0 heterocycles. The van der Waals surface area contributed by atoms with Crippen LogP contribution in [0, 0.1) is 52.6 Å². The molecule has 5 rings (SSSR count). The van der Waals surface area contributed by atoms with Gasteiger partial charge in [-0.2, -0.15) is 13.2 Å². The van der Waals surface area contributed by atoms with Crippen molar-refractivity contribution in [1.29, 1.82) is 0 Å². The van der Waals surface area contributed by atoms with Crippen LogP contribution in [0.1, 0.15) is 45.4 Å². The van der Waals surface area contributed by atoms with Crippen LogP contribution < -0.4 is 4.74 Å². The summed E-state index contributed by atoms with van der Waals surface area (Å²) in [5, 5.41) is -2.53. The van der Waals surface area contributed by atoms with Gasteiger partial charge in [-0.3, -0.25) is 0 Å². The van der Waals surface area contributed by atoms with Crippen LogP contribution in [0.2, 0.25) is 0 Å². The SMILES string of the molecule is CCCC1CCC(C(F)(F)Oc2cc3ccc(-c4cc(F)c5c(F)c(F)c(F)cc5c4)c(F)c3c(F)c2F)CC1. The minimum Gasteiger partial charge on any atom is -0.429 e. The summed E-state index contributed by atoms with van der Waals surface area (Å²) in [4.78, 5) is 0. The van der Waals surface area contributed by atoms with E-state index in [2.05, 4.69) is 4.74 Å². The average Bonchev–Trinajstić information content (AvgIpc) is 2.90. The third kappa shape index (κ3) is 4.86. The molecular formula is C30H23F9O. The van der Waals surface area contributed by atoms with Crippen LogP contribution in [-0.4, -0.2) is 6.11 Å². The highest BCUT2D eigenvalue weighted by atomic mass is 19.3. The van der Waals surface area contributed by atoms with Crippen molar-refractivity contribution in [3.8, 4) is 16.9 Å². The number of halogens is 9. The summed E-state index contributed by atoms with van der Waals surface area (Å²) in [5.74, 6) is -13.5. The van der Waals surface area contributed by atoms with Crippen LogP contribution in [0.3, 0.4) is 0 Å². The van der Waals surface area contributed by atoms with Gasteiger partial charge in [-0.05, 0) is 72.2 Å². The molecule has 1 aliphatic rings. The fraction of sp³-hybridized carbons (Fsp3) is 0.333. The summed E-state index contributed by atoms with van der Waals surface area (Å²) < 4.78 is 136. The molecular weight excluding hydrogens is 547 g/mol. The first-order valence-corrected chi connectivity index (χ1v) is 12.9. The number of alkyl halides is 2. The molecule has 10 heteroatoms. The van der Waals surface area contributed by atoms with Crippen LogP contribution in [0.4, 0.5) is 39.5 Å². The highest BCUT2D eigenvalue weighted by molar-refractivity contribution is 5.93. The van der Waals surface area contributed by atoms with Gasteiger partial charge in [-0.15, -0.1) is 0 Å². The Morgan fingerprint density at radius 1 is 0.700 bits per heavy atom. The van der Waals surface area contributed by atoms with Crippen LogP contribution in [0.15, 0.2) is 36.4 Å². The lowest BCUT2D eigenvalue weighted by molar-refractivity contribution is -0.224. The number of fused-ring (bicyclic) bond motifs is 2. The van der Waals surface area contributed by atoms with Crippen molar-refractivity contribution < 1.29 is 44.3 Å². The van der Waals surface area contributed by atoms with E-state index in [1.807, 2.05) is 6.92 Å². The second-order valence-corrected chi connectivity index (χ2v) is 10.2. The molecule has 0 bridgehead atoms. The molecule has 0 saturated heterocycles. The zero-order chi connectivity index (χ0) is 28.9. The highest BCUT2D eigenvalue weighted by Crippen LogP contribution is 2.43. The van der Waals surface area contributed by atoms with Crippen LogP contribution in [-0.2, 0) is 0 Å². The molecule has 0 amide bonds. The third-order valence-corrected chi connectivity index (χ3v) is 7.69. The van der Waals surface area contributed by atoms with E-state index in [1.165, 1.54) is 0 Å². The van der Waals surface area contributed by atoms with Crippen molar-refractivity contribution in [3.05, 3.63) is 77.1 Å². The number of benzene rings is 4. The van der Waals surface area contributed by atoms with E-state index in [0.29, 0.717) is 30.9 Å². The molecule has 1 nitrogen and oxygen atoms in total. The summed E-state index contributed by atoms with van der Waals surface area (Å²) in [6.07, 6.45) is -0.451.